The van der Waals surface area contributed by atoms with Gasteiger partial charge in [0.1, 0.15) is 0 Å². The standard InChI is InChI=1S/C29H35N/c1-2-3-4-5-6-7-8-9-10-11-18-25-26-19-14-15-20-28(26)30-29-24-17-13-12-16-23(24)21-22-27(25)29/h12-17,19-22H,2-11,18H2,1H3. The SMILES string of the molecule is CCCCCCCCCCCCc1c2ccccc2nc2c1ccc1ccccc12. The lowest BCUT2D eigenvalue weighted by atomic mass is 9.95. The van der Waals surface area contributed by atoms with E-state index in [1.54, 1.807) is 0 Å². The molecule has 0 aliphatic rings. The molecule has 0 fully saturated rings. The monoisotopic (exact) mass is 397 g/mol. The molecule has 156 valence electrons. The van der Waals surface area contributed by atoms with E-state index in [0.717, 1.165) is 17.5 Å². The highest BCUT2D eigenvalue weighted by Gasteiger charge is 2.11. The minimum atomic E-state index is 1.13. The van der Waals surface area contributed by atoms with Crippen LogP contribution < -0.4 is 0 Å². The Kier molecular flexibility index (Phi) is 7.34. The molecule has 0 spiro atoms. The quantitative estimate of drug-likeness (QED) is 0.140. The topological polar surface area (TPSA) is 12.9 Å². The van der Waals surface area contributed by atoms with Gasteiger partial charge in [0.25, 0.3) is 0 Å². The predicted octanol–water partition coefficient (Wildman–Crippen LogP) is 9.00. The summed E-state index contributed by atoms with van der Waals surface area (Å²) in [6.45, 7) is 2.29. The molecule has 1 nitrogen and oxygen atoms in total. The maximum absolute atomic E-state index is 5.07. The van der Waals surface area contributed by atoms with E-state index in [0.29, 0.717) is 0 Å². The second-order valence-corrected chi connectivity index (χ2v) is 8.72. The number of aryl methyl sites for hydroxylation is 1. The van der Waals surface area contributed by atoms with Crippen LogP contribution in [-0.2, 0) is 6.42 Å². The van der Waals surface area contributed by atoms with E-state index in [-0.39, 0.29) is 0 Å². The van der Waals surface area contributed by atoms with E-state index >= 15 is 0 Å². The van der Waals surface area contributed by atoms with Crippen LogP contribution in [-0.4, -0.2) is 4.98 Å². The number of pyridine rings is 1. The van der Waals surface area contributed by atoms with Crippen LogP contribution in [0.15, 0.2) is 60.7 Å². The van der Waals surface area contributed by atoms with Gasteiger partial charge in [0.2, 0.25) is 0 Å². The molecule has 0 aliphatic heterocycles. The Balaban J connectivity index is 1.45. The maximum atomic E-state index is 5.07. The van der Waals surface area contributed by atoms with Crippen LogP contribution >= 0.6 is 0 Å². The molecule has 0 saturated heterocycles. The van der Waals surface area contributed by atoms with Crippen molar-refractivity contribution in [1.29, 1.82) is 0 Å². The molecule has 4 aromatic rings. The zero-order chi connectivity index (χ0) is 20.6. The number of nitrogens with zero attached hydrogens (tertiary/aromatic N) is 1. The van der Waals surface area contributed by atoms with Crippen molar-refractivity contribution in [3.05, 3.63) is 66.2 Å². The average Bonchev–Trinajstić information content (AvgIpc) is 2.79. The van der Waals surface area contributed by atoms with Crippen molar-refractivity contribution in [2.75, 3.05) is 0 Å². The highest BCUT2D eigenvalue weighted by molar-refractivity contribution is 6.10. The summed E-state index contributed by atoms with van der Waals surface area (Å²) in [5.41, 5.74) is 3.78. The van der Waals surface area contributed by atoms with Gasteiger partial charge in [-0.05, 0) is 29.9 Å². The Morgan fingerprint density at radius 1 is 0.567 bits per heavy atom. The third-order valence-electron chi connectivity index (χ3n) is 6.47. The van der Waals surface area contributed by atoms with Gasteiger partial charge >= 0.3 is 0 Å². The minimum absolute atomic E-state index is 1.13. The van der Waals surface area contributed by atoms with Gasteiger partial charge in [-0.2, -0.15) is 0 Å². The number of aromatic nitrogens is 1. The molecular weight excluding hydrogens is 362 g/mol. The Labute approximate surface area is 181 Å². The molecule has 30 heavy (non-hydrogen) atoms. The van der Waals surface area contributed by atoms with E-state index in [4.69, 9.17) is 4.98 Å². The molecule has 0 radical (unpaired) electrons. The fraction of sp³-hybridized carbons (Fsp3) is 0.414. The van der Waals surface area contributed by atoms with Gasteiger partial charge in [-0.3, -0.25) is 0 Å². The van der Waals surface area contributed by atoms with Gasteiger partial charge in [0, 0.05) is 16.2 Å². The fourth-order valence-corrected chi connectivity index (χ4v) is 4.77. The second kappa shape index (κ2) is 10.6. The highest BCUT2D eigenvalue weighted by atomic mass is 14.7. The number of para-hydroxylation sites is 1. The summed E-state index contributed by atoms with van der Waals surface area (Å²) in [6, 6.07) is 21.9. The molecule has 0 amide bonds. The van der Waals surface area contributed by atoms with Crippen LogP contribution in [0, 0.1) is 0 Å². The average molecular weight is 398 g/mol. The van der Waals surface area contributed by atoms with Crippen molar-refractivity contribution in [2.24, 2.45) is 0 Å². The summed E-state index contributed by atoms with van der Waals surface area (Å²) in [6.07, 6.45) is 15.0. The lowest BCUT2D eigenvalue weighted by Gasteiger charge is -2.13. The zero-order valence-corrected chi connectivity index (χ0v) is 18.5. The molecule has 1 heteroatoms. The molecule has 0 N–H and O–H groups in total. The number of hydrogen-bond acceptors (Lipinski definition) is 1. The Hall–Kier alpha value is -2.41. The van der Waals surface area contributed by atoms with Gasteiger partial charge in [-0.1, -0.05) is 119 Å². The van der Waals surface area contributed by atoms with Gasteiger partial charge in [-0.25, -0.2) is 4.98 Å². The summed E-state index contributed by atoms with van der Waals surface area (Å²) in [5, 5.41) is 5.21. The molecule has 1 heterocycles. The van der Waals surface area contributed by atoms with Crippen LogP contribution in [0.2, 0.25) is 0 Å². The molecule has 3 aromatic carbocycles. The number of hydrogen-bond donors (Lipinski definition) is 0. The molecule has 0 saturated carbocycles. The Morgan fingerprint density at radius 2 is 1.20 bits per heavy atom. The van der Waals surface area contributed by atoms with Crippen molar-refractivity contribution >= 4 is 32.6 Å². The van der Waals surface area contributed by atoms with E-state index in [1.165, 1.54) is 91.3 Å². The molecular formula is C29H35N. The number of rotatable bonds is 11. The lowest BCUT2D eigenvalue weighted by Crippen LogP contribution is -1.94. The molecule has 1 aromatic heterocycles. The van der Waals surface area contributed by atoms with Crippen molar-refractivity contribution in [3.63, 3.8) is 0 Å². The van der Waals surface area contributed by atoms with Crippen LogP contribution in [0.1, 0.15) is 76.7 Å². The third kappa shape index (κ3) is 4.83. The highest BCUT2D eigenvalue weighted by Crippen LogP contribution is 2.32. The van der Waals surface area contributed by atoms with Crippen LogP contribution in [0.4, 0.5) is 0 Å². The van der Waals surface area contributed by atoms with E-state index < -0.39 is 0 Å². The Bertz CT molecular complexity index is 1100. The number of fused-ring (bicyclic) bond motifs is 4. The van der Waals surface area contributed by atoms with E-state index in [1.807, 2.05) is 0 Å². The van der Waals surface area contributed by atoms with Crippen molar-refractivity contribution < 1.29 is 0 Å². The van der Waals surface area contributed by atoms with Crippen molar-refractivity contribution in [1.82, 2.24) is 4.98 Å². The molecule has 4 rings (SSSR count). The second-order valence-electron chi connectivity index (χ2n) is 8.72. The van der Waals surface area contributed by atoms with Gasteiger partial charge in [-0.15, -0.1) is 0 Å². The Morgan fingerprint density at radius 3 is 1.97 bits per heavy atom. The van der Waals surface area contributed by atoms with Crippen molar-refractivity contribution in [2.45, 2.75) is 77.6 Å². The smallest absolute Gasteiger partial charge is 0.0790 e. The third-order valence-corrected chi connectivity index (χ3v) is 6.47. The maximum Gasteiger partial charge on any atom is 0.0790 e. The number of benzene rings is 3. The van der Waals surface area contributed by atoms with Gasteiger partial charge in [0.15, 0.2) is 0 Å². The first-order valence-corrected chi connectivity index (χ1v) is 12.1. The largest absolute Gasteiger partial charge is 0.247 e. The minimum Gasteiger partial charge on any atom is -0.247 e. The fourth-order valence-electron chi connectivity index (χ4n) is 4.77. The molecule has 0 bridgehead atoms. The summed E-state index contributed by atoms with van der Waals surface area (Å²) in [7, 11) is 0. The lowest BCUT2D eigenvalue weighted by molar-refractivity contribution is 0.557. The van der Waals surface area contributed by atoms with Gasteiger partial charge < -0.3 is 0 Å². The van der Waals surface area contributed by atoms with E-state index in [2.05, 4.69) is 67.6 Å². The first-order chi connectivity index (χ1) is 14.9. The summed E-state index contributed by atoms with van der Waals surface area (Å²) >= 11 is 0. The predicted molar refractivity (Wildman–Crippen MR) is 132 cm³/mol. The van der Waals surface area contributed by atoms with E-state index in [9.17, 15) is 0 Å². The van der Waals surface area contributed by atoms with Gasteiger partial charge in [0.05, 0.1) is 11.0 Å². The zero-order valence-electron chi connectivity index (χ0n) is 18.5. The number of unbranched alkanes of at least 4 members (excludes halogenated alkanes) is 9. The van der Waals surface area contributed by atoms with Crippen molar-refractivity contribution in [3.8, 4) is 0 Å². The summed E-state index contributed by atoms with van der Waals surface area (Å²) in [4.78, 5) is 5.07. The normalized spacial score (nSPS) is 11.6. The molecule has 0 aliphatic carbocycles. The summed E-state index contributed by atoms with van der Waals surface area (Å²) in [5.74, 6) is 0. The van der Waals surface area contributed by atoms with Crippen LogP contribution in [0.5, 0.6) is 0 Å². The first kappa shape index (κ1) is 20.8. The first-order valence-electron chi connectivity index (χ1n) is 12.1. The summed E-state index contributed by atoms with van der Waals surface area (Å²) < 4.78 is 0. The van der Waals surface area contributed by atoms with Crippen LogP contribution in [0.25, 0.3) is 32.6 Å². The molecule has 0 unspecified atom stereocenters. The van der Waals surface area contributed by atoms with Crippen LogP contribution in [0.3, 0.4) is 0 Å². The molecule has 0 atom stereocenters.